The molecular formula is C47H48N8O12S2. The third kappa shape index (κ3) is 11.4. The molecule has 0 spiro atoms. The van der Waals surface area contributed by atoms with Gasteiger partial charge in [0.1, 0.15) is 36.0 Å². The first-order valence-electron chi connectivity index (χ1n) is 21.3. The molecule has 360 valence electrons. The van der Waals surface area contributed by atoms with Gasteiger partial charge < -0.3 is 54.2 Å². The molecule has 0 saturated carbocycles. The number of benzene rings is 3. The fourth-order valence-electron chi connectivity index (χ4n) is 7.35. The molecule has 4 N–H and O–H groups in total. The van der Waals surface area contributed by atoms with Gasteiger partial charge in [-0.2, -0.15) is 9.36 Å². The van der Waals surface area contributed by atoms with Gasteiger partial charge in [0.05, 0.1) is 52.2 Å². The number of nitrogens with zero attached hydrogens (tertiary/aromatic N) is 6. The van der Waals surface area contributed by atoms with Gasteiger partial charge in [-0.15, -0.1) is 11.8 Å². The van der Waals surface area contributed by atoms with Crippen molar-refractivity contribution in [3.8, 4) is 11.5 Å². The molecule has 22 heteroatoms. The molecule has 0 bridgehead atoms. The second-order valence-corrected chi connectivity index (χ2v) is 18.9. The van der Waals surface area contributed by atoms with Crippen LogP contribution in [0.2, 0.25) is 0 Å². The van der Waals surface area contributed by atoms with E-state index in [1.165, 1.54) is 37.9 Å². The number of pyridine rings is 1. The van der Waals surface area contributed by atoms with Crippen LogP contribution >= 0.6 is 23.3 Å². The zero-order chi connectivity index (χ0) is 49.6. The number of carbonyl (C=O) groups is 5. The molecule has 4 heterocycles. The number of methoxy groups -OCH3 is 1. The van der Waals surface area contributed by atoms with Gasteiger partial charge in [0.15, 0.2) is 17.0 Å². The van der Waals surface area contributed by atoms with Gasteiger partial charge in [0.2, 0.25) is 22.6 Å². The summed E-state index contributed by atoms with van der Waals surface area (Å²) in [5.74, 6) is -5.01. The number of fused-ring (bicyclic) bond motifs is 1. The fourth-order valence-corrected chi connectivity index (χ4v) is 9.12. The lowest BCUT2D eigenvalue weighted by molar-refractivity contribution is -0.886. The van der Waals surface area contributed by atoms with Crippen LogP contribution in [0.4, 0.5) is 5.13 Å². The Labute approximate surface area is 403 Å². The summed E-state index contributed by atoms with van der Waals surface area (Å²) in [6.07, 6.45) is 0.647. The maximum Gasteiger partial charge on any atom is 0.356 e. The largest absolute Gasteiger partial charge is 0.543 e. The summed E-state index contributed by atoms with van der Waals surface area (Å²) >= 11 is 1.95. The summed E-state index contributed by atoms with van der Waals surface area (Å²) in [7, 11) is 5.24. The monoisotopic (exact) mass is 980 g/mol. The van der Waals surface area contributed by atoms with E-state index in [4.69, 9.17) is 24.8 Å². The molecule has 0 radical (unpaired) electrons. The highest BCUT2D eigenvalue weighted by Gasteiger charge is 2.54. The van der Waals surface area contributed by atoms with Crippen molar-refractivity contribution in [2.75, 3.05) is 45.8 Å². The second kappa shape index (κ2) is 20.8. The minimum absolute atomic E-state index is 0.0213. The number of nitrogen functional groups attached to an aromatic ring is 1. The number of ether oxygens (including phenoxy) is 3. The number of carboxylic acid groups (broad SMARTS) is 2. The molecule has 3 aromatic carbocycles. The number of hydrogen-bond donors (Lipinski definition) is 3. The third-order valence-corrected chi connectivity index (χ3v) is 13.0. The summed E-state index contributed by atoms with van der Waals surface area (Å²) < 4.78 is 23.1. The van der Waals surface area contributed by atoms with Crippen LogP contribution in [0.15, 0.2) is 118 Å². The van der Waals surface area contributed by atoms with Crippen molar-refractivity contribution in [1.82, 2.24) is 24.1 Å². The molecule has 20 nitrogen and oxygen atoms in total. The Bertz CT molecular complexity index is 2830. The third-order valence-electron chi connectivity index (χ3n) is 11.1. The highest BCUT2D eigenvalue weighted by molar-refractivity contribution is 8.00. The van der Waals surface area contributed by atoms with E-state index in [9.17, 15) is 39.0 Å². The molecule has 5 aromatic rings. The van der Waals surface area contributed by atoms with Gasteiger partial charge >= 0.3 is 11.9 Å². The molecule has 2 aromatic heterocycles. The van der Waals surface area contributed by atoms with Crippen molar-refractivity contribution < 1.29 is 57.7 Å². The minimum atomic E-state index is -1.86. The Morgan fingerprint density at radius 2 is 1.67 bits per heavy atom. The van der Waals surface area contributed by atoms with Crippen LogP contribution in [0.1, 0.15) is 53.0 Å². The van der Waals surface area contributed by atoms with Gasteiger partial charge in [-0.25, -0.2) is 9.59 Å². The van der Waals surface area contributed by atoms with Crippen LogP contribution in [-0.4, -0.2) is 121 Å². The highest BCUT2D eigenvalue weighted by Crippen LogP contribution is 2.41. The predicted molar refractivity (Wildman–Crippen MR) is 251 cm³/mol. The van der Waals surface area contributed by atoms with E-state index in [2.05, 4.69) is 19.8 Å². The number of likely N-dealkylation sites (N-methyl/N-ethyl adjacent to an activating group) is 1. The highest BCUT2D eigenvalue weighted by atomic mass is 32.2. The number of nitrogens with two attached hydrogens (primary N) is 1. The lowest BCUT2D eigenvalue weighted by atomic mass is 10.0. The first-order chi connectivity index (χ1) is 32.9. The zero-order valence-electron chi connectivity index (χ0n) is 38.0. The second-order valence-electron chi connectivity index (χ2n) is 17.0. The SMILES string of the molecule is COc1ccc(COc2cn(CC[N+](C)(C)CC3=C(C(=O)[O-])N4C(=O)[C@@H](NC(=O)C(=NOC(C)(C)C(=O)O)c5nsc(N)n5)[C@@H]4SC3)c(C(=O)OC(c3ccccc3)c3ccccc3)cc2=O)cc1. The summed E-state index contributed by atoms with van der Waals surface area (Å²) in [6.45, 7) is 2.95. The van der Waals surface area contributed by atoms with Gasteiger partial charge in [0.25, 0.3) is 11.8 Å². The molecule has 0 aliphatic carbocycles. The molecule has 0 unspecified atom stereocenters. The smallest absolute Gasteiger partial charge is 0.356 e. The van der Waals surface area contributed by atoms with E-state index in [0.717, 1.165) is 22.0 Å². The number of aromatic nitrogens is 3. The van der Waals surface area contributed by atoms with Crippen LogP contribution in [0.3, 0.4) is 0 Å². The number of rotatable bonds is 20. The van der Waals surface area contributed by atoms with Gasteiger partial charge in [-0.1, -0.05) is 78.0 Å². The molecule has 1 fully saturated rings. The number of carbonyl (C=O) groups excluding carboxylic acids is 4. The molecule has 2 aliphatic heterocycles. The maximum absolute atomic E-state index is 14.3. The van der Waals surface area contributed by atoms with Crippen LogP contribution < -0.4 is 31.1 Å². The Kier molecular flexibility index (Phi) is 14.8. The number of β-lactam (4-membered cyclic amide) rings is 1. The molecule has 7 rings (SSSR count). The van der Waals surface area contributed by atoms with Gasteiger partial charge in [-0.05, 0) is 42.7 Å². The fraction of sp³-hybridized carbons (Fsp3) is 0.298. The Morgan fingerprint density at radius 3 is 2.25 bits per heavy atom. The van der Waals surface area contributed by atoms with Crippen molar-refractivity contribution in [3.63, 3.8) is 0 Å². The lowest BCUT2D eigenvalue weighted by Crippen LogP contribution is -2.71. The van der Waals surface area contributed by atoms with Crippen LogP contribution in [0.5, 0.6) is 11.5 Å². The van der Waals surface area contributed by atoms with E-state index < -0.39 is 64.0 Å². The lowest BCUT2D eigenvalue weighted by Gasteiger charge is -2.51. The number of carboxylic acids is 2. The van der Waals surface area contributed by atoms with E-state index >= 15 is 0 Å². The van der Waals surface area contributed by atoms with E-state index in [1.807, 2.05) is 74.8 Å². The summed E-state index contributed by atoms with van der Waals surface area (Å²) in [5, 5.41) is 27.7. The molecule has 2 aliphatic rings. The summed E-state index contributed by atoms with van der Waals surface area (Å²) in [6, 6.07) is 25.5. The summed E-state index contributed by atoms with van der Waals surface area (Å²) in [5.41, 5.74) is 4.94. The minimum Gasteiger partial charge on any atom is -0.543 e. The van der Waals surface area contributed by atoms with E-state index in [-0.39, 0.29) is 64.6 Å². The van der Waals surface area contributed by atoms with Crippen molar-refractivity contribution >= 4 is 63.9 Å². The van der Waals surface area contributed by atoms with Crippen molar-refractivity contribution in [1.29, 1.82) is 0 Å². The Hall–Kier alpha value is -7.56. The number of esters is 1. The van der Waals surface area contributed by atoms with Crippen molar-refractivity contribution in [3.05, 3.63) is 147 Å². The number of anilines is 1. The van der Waals surface area contributed by atoms with E-state index in [1.54, 1.807) is 35.9 Å². The average Bonchev–Trinajstić information content (AvgIpc) is 3.76. The normalized spacial score (nSPS) is 16.1. The standard InChI is InChI=1S/C47H48N8O12S2/c1-47(2,45(62)63)67-51-35(39-50-46(48)69-52-39)40(57)49-36-41(58)54-37(43(59)60)30(26-68-42(36)54)24-55(3,4)21-20-53-23-34(65-25-27-16-18-31(64-5)19-17-27)33(56)22-32(53)44(61)66-38(28-12-8-6-9-13-28)29-14-10-7-11-15-29/h6-19,22-23,36,38,42H,20-21,24-26H2,1-5H3,(H4-,48,49,50,52,57,59,60,62,63)/t36-,42+/m1/s1. The van der Waals surface area contributed by atoms with E-state index in [0.29, 0.717) is 22.4 Å². The first kappa shape index (κ1) is 49.3. The van der Waals surface area contributed by atoms with Crippen molar-refractivity contribution in [2.45, 2.75) is 50.1 Å². The number of amides is 2. The quantitative estimate of drug-likeness (QED) is 0.0333. The van der Waals surface area contributed by atoms with Gasteiger partial charge in [0, 0.05) is 28.9 Å². The van der Waals surface area contributed by atoms with Crippen LogP contribution in [-0.2, 0) is 41.9 Å². The average molecular weight is 981 g/mol. The Morgan fingerprint density at radius 1 is 1.01 bits per heavy atom. The topological polar surface area (TPSA) is 267 Å². The molecular weight excluding hydrogens is 933 g/mol. The molecule has 69 heavy (non-hydrogen) atoms. The van der Waals surface area contributed by atoms with Gasteiger partial charge in [-0.3, -0.25) is 19.3 Å². The summed E-state index contributed by atoms with van der Waals surface area (Å²) in [4.78, 5) is 89.8. The number of thioether (sulfide) groups is 1. The molecule has 1 saturated heterocycles. The predicted octanol–water partition coefficient (Wildman–Crippen LogP) is 2.58. The Balaban J connectivity index is 1.11. The molecule has 2 amide bonds. The van der Waals surface area contributed by atoms with Crippen molar-refractivity contribution in [2.24, 2.45) is 5.16 Å². The number of hydrogen-bond acceptors (Lipinski definition) is 17. The maximum atomic E-state index is 14.3. The van der Waals surface area contributed by atoms with Crippen LogP contribution in [0.25, 0.3) is 0 Å². The number of oxime groups is 1. The van der Waals surface area contributed by atoms with Crippen LogP contribution in [0, 0.1) is 0 Å². The first-order valence-corrected chi connectivity index (χ1v) is 23.1. The zero-order valence-corrected chi connectivity index (χ0v) is 39.7. The number of nitrogens with one attached hydrogen (secondary N) is 1. The number of quaternary nitrogens is 1. The molecule has 2 atom stereocenters. The number of aliphatic carboxylic acids is 2.